The molecule has 0 radical (unpaired) electrons. The van der Waals surface area contributed by atoms with E-state index in [2.05, 4.69) is 158 Å². The topological polar surface area (TPSA) is 63.1 Å². The van der Waals surface area contributed by atoms with Crippen LogP contribution < -0.4 is 0 Å². The lowest BCUT2D eigenvalue weighted by molar-refractivity contribution is -0.114. The highest BCUT2D eigenvalue weighted by Crippen LogP contribution is 2.42. The minimum atomic E-state index is -0.105. The minimum Gasteiger partial charge on any atom is -0.512 e. The number of benzene rings is 6. The molecule has 58 heavy (non-hydrogen) atoms. The highest BCUT2D eigenvalue weighted by atomic mass is 79.9. The molecule has 6 heteroatoms. The Labute approximate surface area is 355 Å². The largest absolute Gasteiger partial charge is 0.512 e. The molecule has 1 N–H and O–H groups in total. The van der Waals surface area contributed by atoms with Crippen LogP contribution in [0.5, 0.6) is 0 Å². The third-order valence-electron chi connectivity index (χ3n) is 10.2. The smallest absolute Gasteiger partial charge is 0.159 e. The highest BCUT2D eigenvalue weighted by Gasteiger charge is 2.17. The molecule has 8 aromatic rings. The summed E-state index contributed by atoms with van der Waals surface area (Å²) in [5.41, 5.74) is 15.6. The van der Waals surface area contributed by atoms with Crippen molar-refractivity contribution in [2.75, 3.05) is 0 Å². The van der Waals surface area contributed by atoms with E-state index in [1.165, 1.54) is 13.0 Å². The molecule has 0 aliphatic carbocycles. The maximum absolute atomic E-state index is 12.7. The van der Waals surface area contributed by atoms with Crippen molar-refractivity contribution in [3.63, 3.8) is 0 Å². The fourth-order valence-electron chi connectivity index (χ4n) is 7.43. The van der Waals surface area contributed by atoms with Crippen LogP contribution in [0.2, 0.25) is 0 Å². The first kappa shape index (κ1) is 38.7. The number of aromatic nitrogens is 2. The average molecular weight is 883 g/mol. The number of carbonyl (C=O) groups excluding carboxylic acids is 1. The number of rotatable bonds is 11. The molecule has 282 valence electrons. The number of nitrogens with zero attached hydrogens (tertiary/aromatic N) is 2. The fourth-order valence-corrected chi connectivity index (χ4v) is 8.42. The van der Waals surface area contributed by atoms with Crippen molar-refractivity contribution in [3.8, 4) is 78.1 Å². The predicted molar refractivity (Wildman–Crippen MR) is 245 cm³/mol. The second kappa shape index (κ2) is 17.5. The third-order valence-corrected chi connectivity index (χ3v) is 11.3. The number of hydrogen-bond acceptors (Lipinski definition) is 4. The van der Waals surface area contributed by atoms with Crippen LogP contribution in [0.15, 0.2) is 197 Å². The Balaban J connectivity index is 1.27. The molecular weight excluding hydrogens is 844 g/mol. The maximum Gasteiger partial charge on any atom is 0.159 e. The van der Waals surface area contributed by atoms with Crippen LogP contribution in [0.3, 0.4) is 0 Å². The van der Waals surface area contributed by atoms with Crippen LogP contribution in [0.4, 0.5) is 0 Å². The van der Waals surface area contributed by atoms with Crippen molar-refractivity contribution in [2.45, 2.75) is 19.8 Å². The molecule has 0 atom stereocenters. The second-order valence-corrected chi connectivity index (χ2v) is 15.9. The molecule has 0 spiro atoms. The number of hydrogen-bond donors (Lipinski definition) is 1. The lowest BCUT2D eigenvalue weighted by Crippen LogP contribution is -1.99. The summed E-state index contributed by atoms with van der Waals surface area (Å²) in [5.74, 6) is -0.0878. The van der Waals surface area contributed by atoms with E-state index in [0.717, 1.165) is 92.7 Å². The van der Waals surface area contributed by atoms with Gasteiger partial charge in [-0.3, -0.25) is 14.8 Å². The van der Waals surface area contributed by atoms with Gasteiger partial charge in [0.1, 0.15) is 0 Å². The highest BCUT2D eigenvalue weighted by molar-refractivity contribution is 9.10. The van der Waals surface area contributed by atoms with Crippen molar-refractivity contribution in [3.05, 3.63) is 203 Å². The van der Waals surface area contributed by atoms with E-state index < -0.39 is 0 Å². The summed E-state index contributed by atoms with van der Waals surface area (Å²) in [6.45, 7) is 1.52. The molecule has 4 nitrogen and oxygen atoms in total. The molecule has 0 aliphatic heterocycles. The lowest BCUT2D eigenvalue weighted by Gasteiger charge is -2.18. The van der Waals surface area contributed by atoms with Crippen molar-refractivity contribution in [2.24, 2.45) is 0 Å². The SMILES string of the molecule is C/C(O)=C/C(=O)CCc1ccccc1-c1cc(-c2ccccc2-c2ccc(-c3cccc(Br)c3)nc2)cc(-c2ccccc2-c2ccc(-c3ccccn3)cc2Br)c1. The van der Waals surface area contributed by atoms with E-state index in [1.807, 2.05) is 54.9 Å². The summed E-state index contributed by atoms with van der Waals surface area (Å²) >= 11 is 7.51. The molecule has 8 rings (SSSR count). The molecular formula is C52H38Br2N2O2. The van der Waals surface area contributed by atoms with Crippen molar-refractivity contribution < 1.29 is 9.90 Å². The van der Waals surface area contributed by atoms with Gasteiger partial charge in [-0.25, -0.2) is 0 Å². The number of aliphatic hydroxyl groups excluding tert-OH is 1. The van der Waals surface area contributed by atoms with Gasteiger partial charge in [-0.15, -0.1) is 0 Å². The molecule has 0 amide bonds. The van der Waals surface area contributed by atoms with E-state index in [1.54, 1.807) is 0 Å². The first-order chi connectivity index (χ1) is 28.3. The molecule has 0 bridgehead atoms. The summed E-state index contributed by atoms with van der Waals surface area (Å²) in [6.07, 6.45) is 5.90. The number of ketones is 1. The van der Waals surface area contributed by atoms with Gasteiger partial charge in [0, 0.05) is 50.5 Å². The quantitative estimate of drug-likeness (QED) is 0.104. The van der Waals surface area contributed by atoms with Crippen molar-refractivity contribution in [1.82, 2.24) is 9.97 Å². The number of aryl methyl sites for hydroxylation is 1. The molecule has 0 aliphatic rings. The number of aliphatic hydroxyl groups is 1. The molecule has 0 saturated carbocycles. The molecule has 0 unspecified atom stereocenters. The third kappa shape index (κ3) is 8.69. The Bertz CT molecular complexity index is 2790. The zero-order valence-electron chi connectivity index (χ0n) is 31.7. The summed E-state index contributed by atoms with van der Waals surface area (Å²) in [6, 6.07) is 56.8. The summed E-state index contributed by atoms with van der Waals surface area (Å²) in [7, 11) is 0. The van der Waals surface area contributed by atoms with Crippen LogP contribution in [-0.4, -0.2) is 20.9 Å². The zero-order valence-corrected chi connectivity index (χ0v) is 34.9. The van der Waals surface area contributed by atoms with Gasteiger partial charge < -0.3 is 5.11 Å². The van der Waals surface area contributed by atoms with Crippen molar-refractivity contribution >= 4 is 37.6 Å². The first-order valence-corrected chi connectivity index (χ1v) is 20.7. The first-order valence-electron chi connectivity index (χ1n) is 19.1. The van der Waals surface area contributed by atoms with E-state index in [-0.39, 0.29) is 11.5 Å². The van der Waals surface area contributed by atoms with Crippen LogP contribution in [0.25, 0.3) is 78.1 Å². The molecule has 6 aromatic carbocycles. The Kier molecular flexibility index (Phi) is 11.7. The van der Waals surface area contributed by atoms with Gasteiger partial charge in [-0.2, -0.15) is 0 Å². The van der Waals surface area contributed by atoms with Gasteiger partial charge in [0.2, 0.25) is 0 Å². The Morgan fingerprint density at radius 1 is 0.534 bits per heavy atom. The Morgan fingerprint density at radius 3 is 1.76 bits per heavy atom. The van der Waals surface area contributed by atoms with Crippen LogP contribution >= 0.6 is 31.9 Å². The monoisotopic (exact) mass is 880 g/mol. The number of halogens is 2. The molecule has 2 heterocycles. The maximum atomic E-state index is 12.7. The minimum absolute atomic E-state index is 0.0175. The average Bonchev–Trinajstić information content (AvgIpc) is 3.26. The Hall–Kier alpha value is -6.21. The normalized spacial score (nSPS) is 11.4. The molecule has 0 fully saturated rings. The summed E-state index contributed by atoms with van der Waals surface area (Å²) in [5, 5.41) is 9.73. The number of allylic oxidation sites excluding steroid dienone is 2. The second-order valence-electron chi connectivity index (χ2n) is 14.2. The summed E-state index contributed by atoms with van der Waals surface area (Å²) in [4.78, 5) is 22.2. The lowest BCUT2D eigenvalue weighted by atomic mass is 9.86. The summed E-state index contributed by atoms with van der Waals surface area (Å²) < 4.78 is 1.99. The van der Waals surface area contributed by atoms with Crippen LogP contribution in [0, 0.1) is 0 Å². The van der Waals surface area contributed by atoms with Crippen LogP contribution in [-0.2, 0) is 11.2 Å². The predicted octanol–water partition coefficient (Wildman–Crippen LogP) is 14.6. The van der Waals surface area contributed by atoms with Gasteiger partial charge in [-0.1, -0.05) is 141 Å². The van der Waals surface area contributed by atoms with Gasteiger partial charge in [-0.05, 0) is 124 Å². The van der Waals surface area contributed by atoms with Gasteiger partial charge in [0.05, 0.1) is 17.1 Å². The van der Waals surface area contributed by atoms with Crippen LogP contribution in [0.1, 0.15) is 18.9 Å². The van der Waals surface area contributed by atoms with Gasteiger partial charge in [0.25, 0.3) is 0 Å². The van der Waals surface area contributed by atoms with E-state index in [9.17, 15) is 9.90 Å². The van der Waals surface area contributed by atoms with E-state index in [0.29, 0.717) is 12.8 Å². The Morgan fingerprint density at radius 2 is 1.12 bits per heavy atom. The fraction of sp³-hybridized carbons (Fsp3) is 0.0577. The van der Waals surface area contributed by atoms with Gasteiger partial charge in [0.15, 0.2) is 5.78 Å². The molecule has 2 aromatic heterocycles. The number of pyridine rings is 2. The van der Waals surface area contributed by atoms with Gasteiger partial charge >= 0.3 is 0 Å². The molecule has 0 saturated heterocycles. The number of carbonyl (C=O) groups is 1. The van der Waals surface area contributed by atoms with Crippen molar-refractivity contribution in [1.29, 1.82) is 0 Å². The van der Waals surface area contributed by atoms with E-state index in [4.69, 9.17) is 4.98 Å². The van der Waals surface area contributed by atoms with E-state index >= 15 is 0 Å². The standard InChI is InChI=1S/C52H38Br2N2O2/c1-34(57)27-43(58)23-20-35-11-2-3-14-44(35)39-28-40(46-16-5-4-15-45(46)38-22-25-52(56-33-38)36-12-10-13-42(53)31-36)30-41(29-39)47-17-6-7-18-48(47)49-24-21-37(32-50(49)54)51-19-8-9-26-55-51/h2-19,21-22,24-33,57H,20,23H2,1H3/b34-27-. The zero-order chi connectivity index (χ0) is 40.0.